The average Bonchev–Trinajstić information content (AvgIpc) is 3.39. The van der Waals surface area contributed by atoms with Crippen LogP contribution in [0.15, 0.2) is 53.9 Å². The fourth-order valence-corrected chi connectivity index (χ4v) is 4.21. The smallest absolute Gasteiger partial charge is 0.226 e. The maximum absolute atomic E-state index is 14.1. The number of anilines is 1. The molecule has 0 saturated carbocycles. The molecular weight excluding hydrogens is 402 g/mol. The van der Waals surface area contributed by atoms with E-state index in [4.69, 9.17) is 5.73 Å². The maximum atomic E-state index is 14.1. The second-order valence-electron chi connectivity index (χ2n) is 7.63. The number of hydrogen-bond acceptors (Lipinski definition) is 5. The number of nitrogens with one attached hydrogen (secondary N) is 1. The van der Waals surface area contributed by atoms with Crippen LogP contribution in [0, 0.1) is 11.6 Å². The molecule has 2 aromatic heterocycles. The third kappa shape index (κ3) is 3.13. The number of benzene rings is 2. The Kier molecular flexibility index (Phi) is 4.64. The number of amidine groups is 1. The minimum atomic E-state index is -1.15. The van der Waals surface area contributed by atoms with Crippen molar-refractivity contribution in [3.05, 3.63) is 66.0 Å². The molecule has 1 atom stereocenters. The third-order valence-electron chi connectivity index (χ3n) is 5.64. The SMILES string of the molecule is Cn1cc(N2C(c3cn(CCCN)c4ccc(F)cc34)=NNC2O)c2cc(F)ccc21. The number of aliphatic hydroxyl groups is 1. The molecule has 7 nitrogen and oxygen atoms in total. The quantitative estimate of drug-likeness (QED) is 0.460. The molecule has 0 radical (unpaired) electrons. The van der Waals surface area contributed by atoms with Crippen molar-refractivity contribution < 1.29 is 13.9 Å². The number of hydrogen-bond donors (Lipinski definition) is 3. The number of fused-ring (bicyclic) bond motifs is 2. The minimum absolute atomic E-state index is 0.365. The van der Waals surface area contributed by atoms with Crippen LogP contribution < -0.4 is 16.1 Å². The molecule has 160 valence electrons. The molecule has 0 bridgehead atoms. The van der Waals surface area contributed by atoms with Crippen molar-refractivity contribution in [3.8, 4) is 0 Å². The first-order valence-electron chi connectivity index (χ1n) is 10.0. The van der Waals surface area contributed by atoms with E-state index in [0.717, 1.165) is 17.5 Å². The lowest BCUT2D eigenvalue weighted by Crippen LogP contribution is -2.40. The molecule has 1 aliphatic rings. The normalized spacial score (nSPS) is 16.4. The summed E-state index contributed by atoms with van der Waals surface area (Å²) >= 11 is 0. The van der Waals surface area contributed by atoms with Gasteiger partial charge in [0.1, 0.15) is 11.6 Å². The van der Waals surface area contributed by atoms with Gasteiger partial charge in [-0.15, -0.1) is 0 Å². The van der Waals surface area contributed by atoms with Gasteiger partial charge in [0.05, 0.1) is 11.2 Å². The highest BCUT2D eigenvalue weighted by Gasteiger charge is 2.32. The van der Waals surface area contributed by atoms with Gasteiger partial charge in [-0.25, -0.2) is 8.78 Å². The van der Waals surface area contributed by atoms with Crippen molar-refractivity contribution in [2.45, 2.75) is 19.3 Å². The van der Waals surface area contributed by atoms with E-state index >= 15 is 0 Å². The molecule has 0 aliphatic carbocycles. The van der Waals surface area contributed by atoms with E-state index in [9.17, 15) is 13.9 Å². The summed E-state index contributed by atoms with van der Waals surface area (Å²) in [7, 11) is 1.85. The first-order valence-corrected chi connectivity index (χ1v) is 10.0. The van der Waals surface area contributed by atoms with E-state index in [0.29, 0.717) is 40.9 Å². The molecule has 0 fully saturated rings. The first-order chi connectivity index (χ1) is 15.0. The highest BCUT2D eigenvalue weighted by Crippen LogP contribution is 2.34. The van der Waals surface area contributed by atoms with E-state index in [1.54, 1.807) is 17.0 Å². The first kappa shape index (κ1) is 19.5. The molecule has 4 N–H and O–H groups in total. The zero-order valence-corrected chi connectivity index (χ0v) is 16.9. The summed E-state index contributed by atoms with van der Waals surface area (Å²) in [4.78, 5) is 1.59. The van der Waals surface area contributed by atoms with E-state index < -0.39 is 6.35 Å². The number of nitrogens with two attached hydrogens (primary N) is 1. The minimum Gasteiger partial charge on any atom is -0.355 e. The Morgan fingerprint density at radius 1 is 1.06 bits per heavy atom. The number of nitrogens with zero attached hydrogens (tertiary/aromatic N) is 4. The summed E-state index contributed by atoms with van der Waals surface area (Å²) < 4.78 is 32.0. The van der Waals surface area contributed by atoms with E-state index in [2.05, 4.69) is 10.5 Å². The fourth-order valence-electron chi connectivity index (χ4n) is 4.21. The molecule has 3 heterocycles. The summed E-state index contributed by atoms with van der Waals surface area (Å²) in [5.74, 6) is -0.317. The van der Waals surface area contributed by atoms with Gasteiger partial charge < -0.3 is 20.0 Å². The summed E-state index contributed by atoms with van der Waals surface area (Å²) in [5, 5.41) is 16.3. The van der Waals surface area contributed by atoms with E-state index in [1.807, 2.05) is 28.6 Å². The second kappa shape index (κ2) is 7.36. The van der Waals surface area contributed by atoms with Gasteiger partial charge in [0.15, 0.2) is 5.84 Å². The molecule has 5 rings (SSSR count). The highest BCUT2D eigenvalue weighted by molar-refractivity contribution is 6.20. The number of aliphatic hydroxyl groups excluding tert-OH is 1. The van der Waals surface area contributed by atoms with Crippen LogP contribution in [0.4, 0.5) is 14.5 Å². The molecule has 31 heavy (non-hydrogen) atoms. The average molecular weight is 424 g/mol. The lowest BCUT2D eigenvalue weighted by molar-refractivity contribution is 0.159. The maximum Gasteiger partial charge on any atom is 0.226 e. The Balaban J connectivity index is 1.68. The number of aryl methyl sites for hydroxylation is 2. The largest absolute Gasteiger partial charge is 0.355 e. The van der Waals surface area contributed by atoms with Gasteiger partial charge in [-0.2, -0.15) is 5.10 Å². The summed E-state index contributed by atoms with van der Waals surface area (Å²) in [6.07, 6.45) is 3.31. The molecule has 1 aliphatic heterocycles. The Labute approximate surface area is 177 Å². The van der Waals surface area contributed by atoms with Crippen molar-refractivity contribution in [3.63, 3.8) is 0 Å². The topological polar surface area (TPSA) is 83.7 Å². The van der Waals surface area contributed by atoms with Crippen molar-refractivity contribution in [2.24, 2.45) is 17.9 Å². The van der Waals surface area contributed by atoms with Crippen LogP contribution in [0.1, 0.15) is 12.0 Å². The predicted octanol–water partition coefficient (Wildman–Crippen LogP) is 2.81. The second-order valence-corrected chi connectivity index (χ2v) is 7.63. The van der Waals surface area contributed by atoms with Crippen LogP contribution in [-0.2, 0) is 13.6 Å². The van der Waals surface area contributed by atoms with Gasteiger partial charge in [0.25, 0.3) is 0 Å². The van der Waals surface area contributed by atoms with Crippen molar-refractivity contribution >= 4 is 33.3 Å². The van der Waals surface area contributed by atoms with E-state index in [1.165, 1.54) is 24.3 Å². The van der Waals surface area contributed by atoms with Crippen LogP contribution in [0.5, 0.6) is 0 Å². The van der Waals surface area contributed by atoms with Gasteiger partial charge in [0.2, 0.25) is 6.35 Å². The van der Waals surface area contributed by atoms with Crippen LogP contribution >= 0.6 is 0 Å². The standard InChI is InChI=1S/C22H22F2N6O/c1-28-12-20(16-10-14(24)3-5-18(16)28)30-21(26-27-22(30)31)17-11-29(8-2-7-25)19-6-4-13(23)9-15(17)19/h3-6,9-12,22,27,31H,2,7-8,25H2,1H3. The molecule has 0 amide bonds. The number of rotatable bonds is 5. The fraction of sp³-hybridized carbons (Fsp3) is 0.227. The Morgan fingerprint density at radius 2 is 1.77 bits per heavy atom. The highest BCUT2D eigenvalue weighted by atomic mass is 19.1. The van der Waals surface area contributed by atoms with Gasteiger partial charge in [-0.05, 0) is 49.4 Å². The Morgan fingerprint density at radius 3 is 2.52 bits per heavy atom. The molecule has 9 heteroatoms. The molecule has 4 aromatic rings. The van der Waals surface area contributed by atoms with Crippen LogP contribution in [0.2, 0.25) is 0 Å². The van der Waals surface area contributed by atoms with Crippen LogP contribution in [0.25, 0.3) is 21.8 Å². The summed E-state index contributed by atoms with van der Waals surface area (Å²) in [6, 6.07) is 9.11. The summed E-state index contributed by atoms with van der Waals surface area (Å²) in [5.41, 5.74) is 11.3. The number of hydrazone groups is 1. The lowest BCUT2D eigenvalue weighted by Gasteiger charge is -2.22. The third-order valence-corrected chi connectivity index (χ3v) is 5.64. The molecular formula is C22H22F2N6O. The number of aromatic nitrogens is 2. The zero-order chi connectivity index (χ0) is 21.7. The van der Waals surface area contributed by atoms with Crippen molar-refractivity contribution in [2.75, 3.05) is 11.4 Å². The van der Waals surface area contributed by atoms with Crippen molar-refractivity contribution in [1.82, 2.24) is 14.6 Å². The van der Waals surface area contributed by atoms with Crippen LogP contribution in [-0.4, -0.2) is 33.0 Å². The monoisotopic (exact) mass is 424 g/mol. The lowest BCUT2D eigenvalue weighted by atomic mass is 10.1. The Hall–Kier alpha value is -3.43. The molecule has 1 unspecified atom stereocenters. The number of halogens is 2. The zero-order valence-electron chi connectivity index (χ0n) is 16.9. The molecule has 2 aromatic carbocycles. The van der Waals surface area contributed by atoms with Gasteiger partial charge >= 0.3 is 0 Å². The summed E-state index contributed by atoms with van der Waals surface area (Å²) in [6.45, 7) is 1.20. The molecule has 0 saturated heterocycles. The Bertz CT molecular complexity index is 1320. The van der Waals surface area contributed by atoms with Gasteiger partial charge in [-0.3, -0.25) is 10.3 Å². The molecule has 0 spiro atoms. The van der Waals surface area contributed by atoms with E-state index in [-0.39, 0.29) is 11.6 Å². The van der Waals surface area contributed by atoms with Crippen LogP contribution in [0.3, 0.4) is 0 Å². The predicted molar refractivity (Wildman–Crippen MR) is 117 cm³/mol. The van der Waals surface area contributed by atoms with Gasteiger partial charge in [-0.1, -0.05) is 0 Å². The van der Waals surface area contributed by atoms with Crippen molar-refractivity contribution in [1.29, 1.82) is 0 Å². The van der Waals surface area contributed by atoms with Gasteiger partial charge in [0, 0.05) is 47.8 Å².